The number of nitrogens with zero attached hydrogens (tertiary/aromatic N) is 2. The molecule has 0 aliphatic heterocycles. The average Bonchev–Trinajstić information content (AvgIpc) is 2.87. The van der Waals surface area contributed by atoms with Crippen LogP contribution in [0.1, 0.15) is 64.5 Å². The first-order chi connectivity index (χ1) is 18.0. The number of aryl methyl sites for hydroxylation is 1. The number of anilines is 1. The highest BCUT2D eigenvalue weighted by molar-refractivity contribution is 7.92. The van der Waals surface area contributed by atoms with Crippen LogP contribution in [0.5, 0.6) is 5.75 Å². The molecule has 1 N–H and O–H groups in total. The standard InChI is InChI=1S/C29H43N3O5S/c1-7-23(5)30-29(34)27(8-2)31(21-24-14-11-10-13-22(24)4)28(33)15-12-20-32(38(6,35)36)25-16-18-26(19-17-25)37-9-3/h10-11,13-14,16-19,23,27H,7-9,12,15,20-21H2,1-6H3,(H,30,34)/t23-,27+/m0/s1. The summed E-state index contributed by atoms with van der Waals surface area (Å²) < 4.78 is 31.9. The van der Waals surface area contributed by atoms with Gasteiger partial charge in [-0.1, -0.05) is 38.1 Å². The Morgan fingerprint density at radius 2 is 1.66 bits per heavy atom. The Morgan fingerprint density at radius 1 is 1.00 bits per heavy atom. The maximum atomic E-state index is 13.6. The van der Waals surface area contributed by atoms with Crippen molar-refractivity contribution in [3.05, 3.63) is 59.7 Å². The van der Waals surface area contributed by atoms with Crippen molar-refractivity contribution in [1.29, 1.82) is 0 Å². The van der Waals surface area contributed by atoms with Crippen LogP contribution < -0.4 is 14.4 Å². The van der Waals surface area contributed by atoms with Gasteiger partial charge in [-0.15, -0.1) is 0 Å². The number of amides is 2. The lowest BCUT2D eigenvalue weighted by atomic mass is 10.0. The molecule has 2 atom stereocenters. The van der Waals surface area contributed by atoms with E-state index in [9.17, 15) is 18.0 Å². The van der Waals surface area contributed by atoms with Crippen LogP contribution in [-0.4, -0.2) is 56.6 Å². The molecular formula is C29H43N3O5S. The number of carbonyl (C=O) groups excluding carboxylic acids is 2. The molecule has 0 radical (unpaired) electrons. The lowest BCUT2D eigenvalue weighted by molar-refractivity contribution is -0.141. The Morgan fingerprint density at radius 3 is 2.21 bits per heavy atom. The van der Waals surface area contributed by atoms with Gasteiger partial charge in [0.05, 0.1) is 18.6 Å². The van der Waals surface area contributed by atoms with Crippen LogP contribution in [0, 0.1) is 6.92 Å². The topological polar surface area (TPSA) is 96.0 Å². The summed E-state index contributed by atoms with van der Waals surface area (Å²) in [5, 5.41) is 3.01. The second-order valence-electron chi connectivity index (χ2n) is 9.56. The van der Waals surface area contributed by atoms with Gasteiger partial charge in [-0.05, 0) is 75.4 Å². The van der Waals surface area contributed by atoms with E-state index in [1.54, 1.807) is 29.2 Å². The highest BCUT2D eigenvalue weighted by Crippen LogP contribution is 2.23. The van der Waals surface area contributed by atoms with Crippen LogP contribution in [0.3, 0.4) is 0 Å². The SMILES string of the molecule is CCOc1ccc(N(CCCC(=O)N(Cc2ccccc2C)[C@H](CC)C(=O)N[C@@H](C)CC)S(C)(=O)=O)cc1. The van der Waals surface area contributed by atoms with Gasteiger partial charge < -0.3 is 15.0 Å². The minimum Gasteiger partial charge on any atom is -0.494 e. The fraction of sp³-hybridized carbons (Fsp3) is 0.517. The number of rotatable bonds is 15. The zero-order valence-electron chi connectivity index (χ0n) is 23.6. The fourth-order valence-corrected chi connectivity index (χ4v) is 5.18. The largest absolute Gasteiger partial charge is 0.494 e. The summed E-state index contributed by atoms with van der Waals surface area (Å²) >= 11 is 0. The molecule has 210 valence electrons. The molecule has 0 saturated carbocycles. The molecule has 2 aromatic carbocycles. The van der Waals surface area contributed by atoms with Crippen LogP contribution in [0.25, 0.3) is 0 Å². The third-order valence-electron chi connectivity index (χ3n) is 6.58. The van der Waals surface area contributed by atoms with Crippen LogP contribution >= 0.6 is 0 Å². The molecule has 8 nitrogen and oxygen atoms in total. The van der Waals surface area contributed by atoms with Crippen molar-refractivity contribution in [3.63, 3.8) is 0 Å². The van der Waals surface area contributed by atoms with E-state index in [4.69, 9.17) is 4.74 Å². The van der Waals surface area contributed by atoms with E-state index in [-0.39, 0.29) is 30.8 Å². The lowest BCUT2D eigenvalue weighted by Crippen LogP contribution is -2.50. The average molecular weight is 546 g/mol. The van der Waals surface area contributed by atoms with Gasteiger partial charge in [0, 0.05) is 25.6 Å². The fourth-order valence-electron chi connectivity index (χ4n) is 4.21. The molecule has 0 aliphatic carbocycles. The van der Waals surface area contributed by atoms with E-state index >= 15 is 0 Å². The van der Waals surface area contributed by atoms with Gasteiger partial charge >= 0.3 is 0 Å². The van der Waals surface area contributed by atoms with Crippen LogP contribution in [0.15, 0.2) is 48.5 Å². The highest BCUT2D eigenvalue weighted by atomic mass is 32.2. The van der Waals surface area contributed by atoms with Crippen molar-refractivity contribution < 1.29 is 22.7 Å². The first-order valence-corrected chi connectivity index (χ1v) is 15.2. The third-order valence-corrected chi connectivity index (χ3v) is 7.77. The molecule has 0 fully saturated rings. The van der Waals surface area contributed by atoms with E-state index in [0.29, 0.717) is 37.4 Å². The van der Waals surface area contributed by atoms with Crippen molar-refractivity contribution in [3.8, 4) is 5.75 Å². The Balaban J connectivity index is 2.22. The quantitative estimate of drug-likeness (QED) is 0.351. The number of carbonyl (C=O) groups is 2. The summed E-state index contributed by atoms with van der Waals surface area (Å²) in [4.78, 5) is 28.3. The number of nitrogens with one attached hydrogen (secondary N) is 1. The second kappa shape index (κ2) is 14.8. The minimum absolute atomic E-state index is 0.00407. The smallest absolute Gasteiger partial charge is 0.243 e. The van der Waals surface area contributed by atoms with Gasteiger partial charge in [0.25, 0.3) is 0 Å². The van der Waals surface area contributed by atoms with E-state index in [0.717, 1.165) is 23.8 Å². The summed E-state index contributed by atoms with van der Waals surface area (Å²) in [7, 11) is -3.56. The van der Waals surface area contributed by atoms with Crippen LogP contribution in [0.4, 0.5) is 5.69 Å². The molecule has 2 amide bonds. The van der Waals surface area contributed by atoms with Gasteiger partial charge in [0.15, 0.2) is 0 Å². The number of benzene rings is 2. The zero-order chi connectivity index (χ0) is 28.3. The van der Waals surface area contributed by atoms with Crippen molar-refractivity contribution >= 4 is 27.5 Å². The number of hydrogen-bond acceptors (Lipinski definition) is 5. The van der Waals surface area contributed by atoms with Gasteiger partial charge in [-0.3, -0.25) is 13.9 Å². The van der Waals surface area contributed by atoms with E-state index < -0.39 is 16.1 Å². The molecule has 0 heterocycles. The zero-order valence-corrected chi connectivity index (χ0v) is 24.4. The second-order valence-corrected chi connectivity index (χ2v) is 11.5. The molecule has 0 spiro atoms. The molecule has 0 aromatic heterocycles. The minimum atomic E-state index is -3.56. The van der Waals surface area contributed by atoms with Gasteiger partial charge in [-0.2, -0.15) is 0 Å². The first kappa shape index (κ1) is 31.1. The summed E-state index contributed by atoms with van der Waals surface area (Å²) in [6.07, 6.45) is 2.85. The molecule has 0 saturated heterocycles. The van der Waals surface area contributed by atoms with Crippen molar-refractivity contribution in [2.45, 2.75) is 78.9 Å². The van der Waals surface area contributed by atoms with Crippen molar-refractivity contribution in [1.82, 2.24) is 10.2 Å². The molecule has 9 heteroatoms. The van der Waals surface area contributed by atoms with Crippen molar-refractivity contribution in [2.24, 2.45) is 0 Å². The number of ether oxygens (including phenoxy) is 1. The lowest BCUT2D eigenvalue weighted by Gasteiger charge is -2.32. The molecule has 38 heavy (non-hydrogen) atoms. The Labute approximate surface area is 228 Å². The Bertz CT molecular complexity index is 1150. The Hall–Kier alpha value is -3.07. The summed E-state index contributed by atoms with van der Waals surface area (Å²) in [5.41, 5.74) is 2.53. The molecule has 2 aromatic rings. The summed E-state index contributed by atoms with van der Waals surface area (Å²) in [5.74, 6) is 0.309. The first-order valence-electron chi connectivity index (χ1n) is 13.4. The predicted octanol–water partition coefficient (Wildman–Crippen LogP) is 4.66. The summed E-state index contributed by atoms with van der Waals surface area (Å²) in [6, 6.07) is 14.1. The number of sulfonamides is 1. The van der Waals surface area contributed by atoms with E-state index in [2.05, 4.69) is 5.32 Å². The van der Waals surface area contributed by atoms with E-state index in [1.807, 2.05) is 58.9 Å². The van der Waals surface area contributed by atoms with Crippen LogP contribution in [-0.2, 0) is 26.2 Å². The monoisotopic (exact) mass is 545 g/mol. The Kier molecular flexibility index (Phi) is 12.1. The maximum absolute atomic E-state index is 13.6. The van der Waals surface area contributed by atoms with Gasteiger partial charge in [0.1, 0.15) is 11.8 Å². The molecule has 0 unspecified atom stereocenters. The number of hydrogen-bond donors (Lipinski definition) is 1. The maximum Gasteiger partial charge on any atom is 0.243 e. The van der Waals surface area contributed by atoms with E-state index in [1.165, 1.54) is 4.31 Å². The van der Waals surface area contributed by atoms with Crippen LogP contribution in [0.2, 0.25) is 0 Å². The van der Waals surface area contributed by atoms with Gasteiger partial charge in [0.2, 0.25) is 21.8 Å². The molecule has 0 bridgehead atoms. The molecule has 2 rings (SSSR count). The molecular weight excluding hydrogens is 502 g/mol. The highest BCUT2D eigenvalue weighted by Gasteiger charge is 2.29. The summed E-state index contributed by atoms with van der Waals surface area (Å²) in [6.45, 7) is 10.7. The molecule has 0 aliphatic rings. The third kappa shape index (κ3) is 9.04. The van der Waals surface area contributed by atoms with Crippen molar-refractivity contribution in [2.75, 3.05) is 23.7 Å². The predicted molar refractivity (Wildman–Crippen MR) is 153 cm³/mol. The van der Waals surface area contributed by atoms with Gasteiger partial charge in [-0.25, -0.2) is 8.42 Å². The normalized spacial score (nSPS) is 12.9.